The molecule has 22 heavy (non-hydrogen) atoms. The lowest BCUT2D eigenvalue weighted by Crippen LogP contribution is -2.36. The van der Waals surface area contributed by atoms with E-state index in [9.17, 15) is 4.79 Å². The lowest BCUT2D eigenvalue weighted by molar-refractivity contribution is 0.0929. The number of para-hydroxylation sites is 1. The van der Waals surface area contributed by atoms with Gasteiger partial charge in [0.1, 0.15) is 5.75 Å². The molecular formula is C18H18N2O2. The van der Waals surface area contributed by atoms with Crippen LogP contribution in [0.15, 0.2) is 48.7 Å². The Morgan fingerprint density at radius 2 is 2.14 bits per heavy atom. The number of carbonyl (C=O) groups excluding carboxylic acids is 1. The van der Waals surface area contributed by atoms with E-state index in [0.717, 1.165) is 12.8 Å². The van der Waals surface area contributed by atoms with Crippen molar-refractivity contribution in [1.82, 2.24) is 10.3 Å². The monoisotopic (exact) mass is 294 g/mol. The molecule has 2 fully saturated rings. The van der Waals surface area contributed by atoms with Crippen molar-refractivity contribution in [3.63, 3.8) is 0 Å². The molecule has 2 atom stereocenters. The Morgan fingerprint density at radius 3 is 2.86 bits per heavy atom. The minimum Gasteiger partial charge on any atom is -0.439 e. The van der Waals surface area contributed by atoms with Crippen LogP contribution < -0.4 is 10.1 Å². The van der Waals surface area contributed by atoms with Gasteiger partial charge >= 0.3 is 0 Å². The second kappa shape index (κ2) is 5.13. The van der Waals surface area contributed by atoms with Gasteiger partial charge in [0.25, 0.3) is 5.91 Å². The van der Waals surface area contributed by atoms with Crippen LogP contribution in [-0.2, 0) is 0 Å². The number of nitrogens with zero attached hydrogens (tertiary/aromatic N) is 1. The van der Waals surface area contributed by atoms with Gasteiger partial charge in [-0.05, 0) is 43.4 Å². The predicted molar refractivity (Wildman–Crippen MR) is 82.9 cm³/mol. The Hall–Kier alpha value is -2.36. The average Bonchev–Trinajstić information content (AvgIpc) is 3.08. The van der Waals surface area contributed by atoms with Crippen molar-refractivity contribution in [2.45, 2.75) is 31.2 Å². The second-order valence-corrected chi connectivity index (χ2v) is 6.20. The number of amides is 1. The summed E-state index contributed by atoms with van der Waals surface area (Å²) in [5, 5.41) is 3.21. The third-order valence-electron chi connectivity index (χ3n) is 4.73. The number of pyridine rings is 1. The fourth-order valence-electron chi connectivity index (χ4n) is 3.46. The summed E-state index contributed by atoms with van der Waals surface area (Å²) in [7, 11) is 0. The first-order valence-corrected chi connectivity index (χ1v) is 7.77. The van der Waals surface area contributed by atoms with Crippen LogP contribution in [0.4, 0.5) is 0 Å². The van der Waals surface area contributed by atoms with E-state index in [1.165, 1.54) is 12.8 Å². The molecule has 1 N–H and O–H groups in total. The van der Waals surface area contributed by atoms with Crippen molar-refractivity contribution in [1.29, 1.82) is 0 Å². The van der Waals surface area contributed by atoms with Crippen LogP contribution in [0.1, 0.15) is 36.0 Å². The number of ether oxygens (including phenoxy) is 1. The number of nitrogens with one attached hydrogen (secondary N) is 1. The van der Waals surface area contributed by atoms with Gasteiger partial charge in [0.2, 0.25) is 5.88 Å². The molecular weight excluding hydrogens is 276 g/mol. The first kappa shape index (κ1) is 13.3. The number of carbonyl (C=O) groups is 1. The van der Waals surface area contributed by atoms with Crippen LogP contribution in [-0.4, -0.2) is 16.4 Å². The summed E-state index contributed by atoms with van der Waals surface area (Å²) >= 11 is 0. The van der Waals surface area contributed by atoms with Gasteiger partial charge in [0.05, 0.1) is 0 Å². The SMILES string of the molecule is O=C(N[C@@]12CCC[C@@H]1C2)c1ccnc(Oc2ccccc2)c1. The van der Waals surface area contributed by atoms with E-state index in [-0.39, 0.29) is 11.4 Å². The van der Waals surface area contributed by atoms with Crippen molar-refractivity contribution in [3.8, 4) is 11.6 Å². The van der Waals surface area contributed by atoms with Gasteiger partial charge in [0.15, 0.2) is 0 Å². The maximum absolute atomic E-state index is 12.4. The van der Waals surface area contributed by atoms with Crippen LogP contribution in [0.3, 0.4) is 0 Å². The second-order valence-electron chi connectivity index (χ2n) is 6.20. The number of hydrogen-bond acceptors (Lipinski definition) is 3. The molecule has 0 radical (unpaired) electrons. The van der Waals surface area contributed by atoms with E-state index in [0.29, 0.717) is 23.1 Å². The lowest BCUT2D eigenvalue weighted by atomic mass is 10.1. The minimum absolute atomic E-state index is 0.0234. The van der Waals surface area contributed by atoms with Crippen LogP contribution in [0, 0.1) is 5.92 Å². The fourth-order valence-corrected chi connectivity index (χ4v) is 3.46. The summed E-state index contributed by atoms with van der Waals surface area (Å²) in [4.78, 5) is 16.6. The molecule has 1 amide bonds. The number of aromatic nitrogens is 1. The summed E-state index contributed by atoms with van der Waals surface area (Å²) in [5.74, 6) is 1.82. The molecule has 0 saturated heterocycles. The van der Waals surface area contributed by atoms with Gasteiger partial charge < -0.3 is 10.1 Å². The molecule has 4 rings (SSSR count). The van der Waals surface area contributed by atoms with Gasteiger partial charge in [0, 0.05) is 23.4 Å². The molecule has 2 aliphatic rings. The largest absolute Gasteiger partial charge is 0.439 e. The number of hydrogen-bond donors (Lipinski definition) is 1. The lowest BCUT2D eigenvalue weighted by Gasteiger charge is -2.15. The van der Waals surface area contributed by atoms with E-state index in [1.54, 1.807) is 18.3 Å². The van der Waals surface area contributed by atoms with Crippen molar-refractivity contribution in [2.24, 2.45) is 5.92 Å². The Bertz CT molecular complexity index is 701. The van der Waals surface area contributed by atoms with E-state index in [1.807, 2.05) is 30.3 Å². The summed E-state index contributed by atoms with van der Waals surface area (Å²) < 4.78 is 5.68. The van der Waals surface area contributed by atoms with Crippen LogP contribution in [0.5, 0.6) is 11.6 Å². The maximum Gasteiger partial charge on any atom is 0.251 e. The first-order chi connectivity index (χ1) is 10.8. The normalized spacial score (nSPS) is 25.4. The smallest absolute Gasteiger partial charge is 0.251 e. The summed E-state index contributed by atoms with van der Waals surface area (Å²) in [5.41, 5.74) is 0.689. The van der Waals surface area contributed by atoms with Crippen molar-refractivity contribution in [2.75, 3.05) is 0 Å². The predicted octanol–water partition coefficient (Wildman–Crippen LogP) is 3.55. The zero-order valence-electron chi connectivity index (χ0n) is 12.3. The molecule has 0 unspecified atom stereocenters. The fraction of sp³-hybridized carbons (Fsp3) is 0.333. The Morgan fingerprint density at radius 1 is 1.27 bits per heavy atom. The van der Waals surface area contributed by atoms with Gasteiger partial charge in [-0.15, -0.1) is 0 Å². The van der Waals surface area contributed by atoms with Crippen molar-refractivity contribution < 1.29 is 9.53 Å². The molecule has 4 nitrogen and oxygen atoms in total. The molecule has 4 heteroatoms. The van der Waals surface area contributed by atoms with Gasteiger partial charge in [-0.25, -0.2) is 4.98 Å². The van der Waals surface area contributed by atoms with Crippen molar-refractivity contribution >= 4 is 5.91 Å². The minimum atomic E-state index is -0.0234. The van der Waals surface area contributed by atoms with Crippen molar-refractivity contribution in [3.05, 3.63) is 54.2 Å². The summed E-state index contributed by atoms with van der Waals surface area (Å²) in [6.07, 6.45) is 6.34. The Kier molecular flexibility index (Phi) is 3.10. The molecule has 112 valence electrons. The molecule has 0 bridgehead atoms. The van der Waals surface area contributed by atoms with E-state index in [2.05, 4.69) is 10.3 Å². The van der Waals surface area contributed by atoms with Gasteiger partial charge in [-0.1, -0.05) is 24.6 Å². The van der Waals surface area contributed by atoms with Gasteiger partial charge in [-0.2, -0.15) is 0 Å². The highest BCUT2D eigenvalue weighted by atomic mass is 16.5. The number of benzene rings is 1. The molecule has 2 saturated carbocycles. The highest BCUT2D eigenvalue weighted by Gasteiger charge is 2.57. The van der Waals surface area contributed by atoms with E-state index >= 15 is 0 Å². The van der Waals surface area contributed by atoms with Crippen LogP contribution >= 0.6 is 0 Å². The quantitative estimate of drug-likeness (QED) is 0.938. The first-order valence-electron chi connectivity index (χ1n) is 7.77. The summed E-state index contributed by atoms with van der Waals surface area (Å²) in [6.45, 7) is 0. The molecule has 0 spiro atoms. The maximum atomic E-state index is 12.4. The molecule has 1 heterocycles. The molecule has 2 aromatic rings. The Labute approximate surface area is 129 Å². The van der Waals surface area contributed by atoms with E-state index in [4.69, 9.17) is 4.74 Å². The third kappa shape index (κ3) is 2.45. The molecule has 1 aromatic carbocycles. The number of rotatable bonds is 4. The van der Waals surface area contributed by atoms with Crippen LogP contribution in [0.25, 0.3) is 0 Å². The molecule has 1 aromatic heterocycles. The highest BCUT2D eigenvalue weighted by molar-refractivity contribution is 5.95. The zero-order chi connectivity index (χ0) is 15.0. The Balaban J connectivity index is 1.48. The molecule has 0 aliphatic heterocycles. The standard InChI is InChI=1S/C18H18N2O2/c21-17(20-18-9-4-5-14(18)12-18)13-8-10-19-16(11-13)22-15-6-2-1-3-7-15/h1-3,6-8,10-11,14H,4-5,9,12H2,(H,20,21)/t14-,18-/m1/s1. The summed E-state index contributed by atoms with van der Waals surface area (Å²) in [6, 6.07) is 12.9. The van der Waals surface area contributed by atoms with Crippen LogP contribution in [0.2, 0.25) is 0 Å². The average molecular weight is 294 g/mol. The van der Waals surface area contributed by atoms with Gasteiger partial charge in [-0.3, -0.25) is 4.79 Å². The van der Waals surface area contributed by atoms with E-state index < -0.39 is 0 Å². The zero-order valence-corrected chi connectivity index (χ0v) is 12.3. The highest BCUT2D eigenvalue weighted by Crippen LogP contribution is 2.55. The third-order valence-corrected chi connectivity index (χ3v) is 4.73. The number of fused-ring (bicyclic) bond motifs is 1. The topological polar surface area (TPSA) is 51.2 Å². The molecule has 2 aliphatic carbocycles.